The Morgan fingerprint density at radius 2 is 1.91 bits per heavy atom. The Morgan fingerprint density at radius 1 is 1.21 bits per heavy atom. The molecule has 1 fully saturated rings. The molecule has 7 heteroatoms. The lowest BCUT2D eigenvalue weighted by molar-refractivity contribution is -0.0472. The third-order valence-electron chi connectivity index (χ3n) is 6.81. The molecule has 176 valence electrons. The zero-order valence-corrected chi connectivity index (χ0v) is 19.6. The van der Waals surface area contributed by atoms with Crippen molar-refractivity contribution < 1.29 is 8.78 Å². The minimum absolute atomic E-state index is 0.0281. The van der Waals surface area contributed by atoms with Crippen LogP contribution in [-0.4, -0.2) is 22.5 Å². The molecule has 0 spiro atoms. The second-order valence-corrected chi connectivity index (χ2v) is 9.03. The first-order valence-electron chi connectivity index (χ1n) is 11.7. The van der Waals surface area contributed by atoms with Crippen LogP contribution in [0.5, 0.6) is 0 Å². The summed E-state index contributed by atoms with van der Waals surface area (Å²) in [5.41, 5.74) is 10.7. The van der Waals surface area contributed by atoms with E-state index in [1.807, 2.05) is 20.2 Å². The topological polar surface area (TPSA) is 67.9 Å². The lowest BCUT2D eigenvalue weighted by Crippen LogP contribution is -2.26. The number of hydrazine groups is 1. The van der Waals surface area contributed by atoms with Gasteiger partial charge >= 0.3 is 0 Å². The molecule has 1 aliphatic carbocycles. The molecule has 1 aliphatic rings. The fraction of sp³-hybridized carbons (Fsp3) is 0.423. The minimum Gasteiger partial charge on any atom is -0.386 e. The average Bonchev–Trinajstić information content (AvgIpc) is 3.18. The Kier molecular flexibility index (Phi) is 6.70. The summed E-state index contributed by atoms with van der Waals surface area (Å²) in [6.45, 7) is 4.75. The minimum atomic E-state index is -2.52. The van der Waals surface area contributed by atoms with E-state index in [-0.39, 0.29) is 18.8 Å². The van der Waals surface area contributed by atoms with Gasteiger partial charge in [-0.2, -0.15) is 0 Å². The van der Waals surface area contributed by atoms with Crippen molar-refractivity contribution >= 4 is 16.7 Å². The molecule has 33 heavy (non-hydrogen) atoms. The molecule has 0 saturated heterocycles. The Morgan fingerprint density at radius 3 is 2.52 bits per heavy atom. The van der Waals surface area contributed by atoms with Crippen LogP contribution in [0.25, 0.3) is 27.9 Å². The van der Waals surface area contributed by atoms with Gasteiger partial charge in [0.1, 0.15) is 0 Å². The molecular weight excluding hydrogens is 420 g/mol. The zero-order chi connectivity index (χ0) is 23.6. The first-order chi connectivity index (χ1) is 15.8. The Labute approximate surface area is 194 Å². The molecule has 1 aromatic carbocycles. The third-order valence-corrected chi connectivity index (χ3v) is 6.81. The summed E-state index contributed by atoms with van der Waals surface area (Å²) in [6, 6.07) is 10.7. The van der Waals surface area contributed by atoms with Gasteiger partial charge in [0.25, 0.3) is 0 Å². The molecule has 0 aliphatic heterocycles. The van der Waals surface area contributed by atoms with E-state index in [0.717, 1.165) is 45.5 Å². The summed E-state index contributed by atoms with van der Waals surface area (Å²) in [4.78, 5) is 4.84. The van der Waals surface area contributed by atoms with Crippen LogP contribution >= 0.6 is 0 Å². The number of benzene rings is 1. The second-order valence-electron chi connectivity index (χ2n) is 9.03. The van der Waals surface area contributed by atoms with Crippen molar-refractivity contribution in [2.45, 2.75) is 58.4 Å². The van der Waals surface area contributed by atoms with Crippen LogP contribution in [0.3, 0.4) is 0 Å². The zero-order valence-electron chi connectivity index (χ0n) is 19.6. The predicted octanol–water partition coefficient (Wildman–Crippen LogP) is 5.46. The summed E-state index contributed by atoms with van der Waals surface area (Å²) < 4.78 is 29.6. The SMILES string of the molecule is CCc1ccc(-c2cn(CC3CCC(F)(F)CC3)c3cc(/C(NC)=C(\C)NN)cnc23)cc1. The number of halogens is 2. The van der Waals surface area contributed by atoms with Gasteiger partial charge in [-0.3, -0.25) is 10.8 Å². The third kappa shape index (κ3) is 4.88. The molecule has 0 amide bonds. The van der Waals surface area contributed by atoms with Crippen LogP contribution in [0.4, 0.5) is 8.78 Å². The van der Waals surface area contributed by atoms with Crippen molar-refractivity contribution in [1.82, 2.24) is 20.3 Å². The first-order valence-corrected chi connectivity index (χ1v) is 11.7. The number of nitrogens with zero attached hydrogens (tertiary/aromatic N) is 2. The second kappa shape index (κ2) is 9.51. The van der Waals surface area contributed by atoms with Crippen LogP contribution in [-0.2, 0) is 13.0 Å². The van der Waals surface area contributed by atoms with Gasteiger partial charge in [0.2, 0.25) is 5.92 Å². The summed E-state index contributed by atoms with van der Waals surface area (Å²) in [5.74, 6) is 3.35. The highest BCUT2D eigenvalue weighted by Gasteiger charge is 2.35. The Bertz CT molecular complexity index is 1140. The monoisotopic (exact) mass is 453 g/mol. The highest BCUT2D eigenvalue weighted by molar-refractivity contribution is 5.94. The van der Waals surface area contributed by atoms with Crippen LogP contribution in [0, 0.1) is 5.92 Å². The van der Waals surface area contributed by atoms with Crippen LogP contribution in [0.15, 0.2) is 48.4 Å². The smallest absolute Gasteiger partial charge is 0.248 e. The number of nitrogens with two attached hydrogens (primary N) is 1. The fourth-order valence-electron chi connectivity index (χ4n) is 4.77. The van der Waals surface area contributed by atoms with Gasteiger partial charge in [-0.1, -0.05) is 31.2 Å². The van der Waals surface area contributed by atoms with Crippen LogP contribution in [0.1, 0.15) is 50.7 Å². The molecule has 5 nitrogen and oxygen atoms in total. The molecule has 0 radical (unpaired) electrons. The number of fused-ring (bicyclic) bond motifs is 1. The maximum Gasteiger partial charge on any atom is 0.248 e. The van der Waals surface area contributed by atoms with E-state index < -0.39 is 5.92 Å². The number of allylic oxidation sites excluding steroid dienone is 1. The maximum absolute atomic E-state index is 13.7. The predicted molar refractivity (Wildman–Crippen MR) is 130 cm³/mol. The van der Waals surface area contributed by atoms with Crippen molar-refractivity contribution in [3.8, 4) is 11.1 Å². The molecule has 2 heterocycles. The molecule has 0 bridgehead atoms. The van der Waals surface area contributed by atoms with E-state index >= 15 is 0 Å². The van der Waals surface area contributed by atoms with E-state index in [9.17, 15) is 8.78 Å². The first kappa shape index (κ1) is 23.2. The van der Waals surface area contributed by atoms with Crippen LogP contribution < -0.4 is 16.6 Å². The lowest BCUT2D eigenvalue weighted by Gasteiger charge is -2.28. The van der Waals surface area contributed by atoms with Gasteiger partial charge in [0.15, 0.2) is 0 Å². The lowest BCUT2D eigenvalue weighted by atomic mass is 9.87. The molecule has 1 saturated carbocycles. The van der Waals surface area contributed by atoms with Gasteiger partial charge in [-0.05, 0) is 49.3 Å². The van der Waals surface area contributed by atoms with Crippen molar-refractivity contribution in [3.63, 3.8) is 0 Å². The van der Waals surface area contributed by atoms with Gasteiger partial charge in [0, 0.05) is 55.7 Å². The van der Waals surface area contributed by atoms with E-state index in [0.29, 0.717) is 19.4 Å². The normalized spacial score (nSPS) is 17.2. The summed E-state index contributed by atoms with van der Waals surface area (Å²) in [6.07, 6.45) is 6.00. The van der Waals surface area contributed by atoms with E-state index in [1.165, 1.54) is 5.56 Å². The number of rotatable bonds is 7. The molecule has 2 aromatic heterocycles. The molecule has 4 N–H and O–H groups in total. The van der Waals surface area contributed by atoms with Crippen molar-refractivity contribution in [3.05, 3.63) is 59.5 Å². The standard InChI is InChI=1S/C26H33F2N5/c1-4-18-5-7-20(8-6-18)22-16-33(15-19-9-11-26(27,28)12-10-19)23-13-21(14-31-25(22)23)24(30-3)17(2)32-29/h5-8,13-14,16,19,30,32H,4,9-12,15,29H2,1-3H3/b24-17-. The van der Waals surface area contributed by atoms with Gasteiger partial charge in [-0.25, -0.2) is 8.78 Å². The number of pyridine rings is 1. The number of aryl methyl sites for hydroxylation is 1. The van der Waals surface area contributed by atoms with Crippen molar-refractivity contribution in [2.75, 3.05) is 7.05 Å². The molecule has 3 aromatic rings. The number of alkyl halides is 2. The maximum atomic E-state index is 13.7. The number of hydrogen-bond donors (Lipinski definition) is 3. The molecule has 0 unspecified atom stereocenters. The number of hydrogen-bond acceptors (Lipinski definition) is 4. The van der Waals surface area contributed by atoms with Gasteiger partial charge in [0.05, 0.1) is 16.7 Å². The van der Waals surface area contributed by atoms with E-state index in [1.54, 1.807) is 0 Å². The fourth-order valence-corrected chi connectivity index (χ4v) is 4.77. The molecular formula is C26H33F2N5. The molecule has 0 atom stereocenters. The largest absolute Gasteiger partial charge is 0.386 e. The average molecular weight is 454 g/mol. The van der Waals surface area contributed by atoms with E-state index in [2.05, 4.69) is 58.8 Å². The van der Waals surface area contributed by atoms with Crippen molar-refractivity contribution in [1.29, 1.82) is 0 Å². The van der Waals surface area contributed by atoms with E-state index in [4.69, 9.17) is 10.8 Å². The quantitative estimate of drug-likeness (QED) is 0.328. The highest BCUT2D eigenvalue weighted by atomic mass is 19.3. The van der Waals surface area contributed by atoms with Crippen molar-refractivity contribution in [2.24, 2.45) is 11.8 Å². The highest BCUT2D eigenvalue weighted by Crippen LogP contribution is 2.38. The summed E-state index contributed by atoms with van der Waals surface area (Å²) >= 11 is 0. The Balaban J connectivity index is 1.78. The van der Waals surface area contributed by atoms with Gasteiger partial charge < -0.3 is 15.3 Å². The number of aromatic nitrogens is 2. The summed E-state index contributed by atoms with van der Waals surface area (Å²) in [7, 11) is 1.85. The Hall–Kier alpha value is -2.93. The summed E-state index contributed by atoms with van der Waals surface area (Å²) in [5, 5.41) is 3.20. The number of nitrogens with one attached hydrogen (secondary N) is 2. The van der Waals surface area contributed by atoms with Crippen LogP contribution in [0.2, 0.25) is 0 Å². The van der Waals surface area contributed by atoms with Gasteiger partial charge in [-0.15, -0.1) is 0 Å². The molecule has 4 rings (SSSR count).